The minimum Gasteiger partial charge on any atom is -0.478 e. The van der Waals surface area contributed by atoms with Gasteiger partial charge in [0.1, 0.15) is 0 Å². The van der Waals surface area contributed by atoms with Gasteiger partial charge in [0.2, 0.25) is 0 Å². The van der Waals surface area contributed by atoms with Crippen molar-refractivity contribution in [3.8, 4) is 0 Å². The van der Waals surface area contributed by atoms with Crippen LogP contribution in [0.25, 0.3) is 0 Å². The van der Waals surface area contributed by atoms with Gasteiger partial charge >= 0.3 is 5.97 Å². The first-order chi connectivity index (χ1) is 10.2. The van der Waals surface area contributed by atoms with Crippen LogP contribution in [-0.4, -0.2) is 26.8 Å². The Balaban J connectivity index is 2.24. The number of aromatic carboxylic acids is 1. The Hall–Kier alpha value is -2.63. The van der Waals surface area contributed by atoms with E-state index in [1.165, 1.54) is 18.3 Å². The Kier molecular flexibility index (Phi) is 4.03. The molecule has 0 spiro atoms. The van der Waals surface area contributed by atoms with Crippen molar-refractivity contribution >= 4 is 17.6 Å². The Morgan fingerprint density at radius 3 is 2.45 bits per heavy atom. The molecule has 0 radical (unpaired) electrons. The normalized spacial score (nSPS) is 11.3. The van der Waals surface area contributed by atoms with Gasteiger partial charge in [-0.2, -0.15) is 5.10 Å². The van der Waals surface area contributed by atoms with Gasteiger partial charge < -0.3 is 10.4 Å². The third kappa shape index (κ3) is 3.33. The topological polar surface area (TPSA) is 84.2 Å². The number of carbonyl (C=O) groups is 2. The lowest BCUT2D eigenvalue weighted by Gasteiger charge is -2.18. The first kappa shape index (κ1) is 15.8. The monoisotopic (exact) mass is 301 g/mol. The summed E-state index contributed by atoms with van der Waals surface area (Å²) in [7, 11) is 0. The lowest BCUT2D eigenvalue weighted by atomic mass is 10.1. The van der Waals surface area contributed by atoms with Crippen molar-refractivity contribution in [2.24, 2.45) is 0 Å². The second-order valence-electron chi connectivity index (χ2n) is 6.13. The fraction of sp³-hybridized carbons (Fsp3) is 0.312. The number of amides is 1. The Morgan fingerprint density at radius 2 is 1.91 bits per heavy atom. The van der Waals surface area contributed by atoms with Crippen LogP contribution in [0.4, 0.5) is 5.69 Å². The number of aryl methyl sites for hydroxylation is 1. The average Bonchev–Trinajstić information content (AvgIpc) is 2.90. The van der Waals surface area contributed by atoms with Gasteiger partial charge in [-0.25, -0.2) is 4.79 Å². The summed E-state index contributed by atoms with van der Waals surface area (Å²) in [5, 5.41) is 15.9. The minimum atomic E-state index is -1.03. The Morgan fingerprint density at radius 1 is 1.23 bits per heavy atom. The fourth-order valence-electron chi connectivity index (χ4n) is 1.89. The quantitative estimate of drug-likeness (QED) is 0.913. The molecule has 0 aliphatic heterocycles. The number of carbonyl (C=O) groups excluding carboxylic acids is 1. The van der Waals surface area contributed by atoms with Crippen LogP contribution in [-0.2, 0) is 5.54 Å². The molecule has 0 unspecified atom stereocenters. The third-order valence-electron chi connectivity index (χ3n) is 3.26. The van der Waals surface area contributed by atoms with E-state index in [0.717, 1.165) is 5.56 Å². The molecule has 0 aliphatic carbocycles. The van der Waals surface area contributed by atoms with E-state index >= 15 is 0 Å². The minimum absolute atomic E-state index is 0.131. The summed E-state index contributed by atoms with van der Waals surface area (Å²) in [5.74, 6) is -1.35. The number of nitrogens with one attached hydrogen (secondary N) is 1. The van der Waals surface area contributed by atoms with Crippen LogP contribution in [0.1, 0.15) is 47.1 Å². The molecule has 2 N–H and O–H groups in total. The zero-order valence-corrected chi connectivity index (χ0v) is 13.0. The molecular formula is C16H19N3O3. The summed E-state index contributed by atoms with van der Waals surface area (Å²) >= 11 is 0. The molecule has 0 saturated heterocycles. The van der Waals surface area contributed by atoms with Crippen molar-refractivity contribution in [2.45, 2.75) is 33.2 Å². The second kappa shape index (κ2) is 5.63. The summed E-state index contributed by atoms with van der Waals surface area (Å²) in [5.41, 5.74) is 1.62. The van der Waals surface area contributed by atoms with Gasteiger partial charge in [-0.05, 0) is 45.4 Å². The maximum Gasteiger partial charge on any atom is 0.335 e. The lowest BCUT2D eigenvalue weighted by Crippen LogP contribution is -2.22. The van der Waals surface area contributed by atoms with E-state index in [2.05, 4.69) is 10.4 Å². The van der Waals surface area contributed by atoms with Crippen molar-refractivity contribution in [1.29, 1.82) is 0 Å². The van der Waals surface area contributed by atoms with Crippen molar-refractivity contribution in [3.05, 3.63) is 47.3 Å². The summed E-state index contributed by atoms with van der Waals surface area (Å²) in [6, 6.07) is 4.62. The number of nitrogens with zero attached hydrogens (tertiary/aromatic N) is 2. The average molecular weight is 301 g/mol. The number of hydrogen-bond donors (Lipinski definition) is 2. The largest absolute Gasteiger partial charge is 0.478 e. The van der Waals surface area contributed by atoms with E-state index in [-0.39, 0.29) is 17.0 Å². The molecule has 6 nitrogen and oxygen atoms in total. The number of hydrogen-bond acceptors (Lipinski definition) is 3. The number of anilines is 1. The maximum absolute atomic E-state index is 12.3. The van der Waals surface area contributed by atoms with E-state index < -0.39 is 5.97 Å². The van der Waals surface area contributed by atoms with Crippen molar-refractivity contribution in [3.63, 3.8) is 0 Å². The van der Waals surface area contributed by atoms with Gasteiger partial charge in [-0.15, -0.1) is 0 Å². The summed E-state index contributed by atoms with van der Waals surface area (Å²) < 4.78 is 1.71. The first-order valence-corrected chi connectivity index (χ1v) is 6.89. The van der Waals surface area contributed by atoms with Crippen molar-refractivity contribution in [2.75, 3.05) is 5.32 Å². The van der Waals surface area contributed by atoms with Gasteiger partial charge in [0.25, 0.3) is 5.91 Å². The molecule has 22 heavy (non-hydrogen) atoms. The maximum atomic E-state index is 12.3. The first-order valence-electron chi connectivity index (χ1n) is 6.89. The highest BCUT2D eigenvalue weighted by Gasteiger charge is 2.17. The highest BCUT2D eigenvalue weighted by Crippen LogP contribution is 2.19. The van der Waals surface area contributed by atoms with Crippen LogP contribution < -0.4 is 5.32 Å². The SMILES string of the molecule is Cc1ccc(C(=O)O)cc1NC(=O)c1cnn(C(C)(C)C)c1. The molecule has 6 heteroatoms. The van der Waals surface area contributed by atoms with Crippen molar-refractivity contribution < 1.29 is 14.7 Å². The molecule has 2 aromatic rings. The number of carboxylic acids is 1. The van der Waals surface area contributed by atoms with Crippen LogP contribution in [0, 0.1) is 6.92 Å². The van der Waals surface area contributed by atoms with Gasteiger partial charge in [0.15, 0.2) is 0 Å². The molecule has 116 valence electrons. The Bertz CT molecular complexity index is 726. The molecule has 1 aromatic heterocycles. The molecule has 0 fully saturated rings. The van der Waals surface area contributed by atoms with Crippen LogP contribution in [0.2, 0.25) is 0 Å². The van der Waals surface area contributed by atoms with E-state index in [4.69, 9.17) is 5.11 Å². The van der Waals surface area contributed by atoms with Crippen LogP contribution in [0.5, 0.6) is 0 Å². The zero-order chi connectivity index (χ0) is 16.5. The highest BCUT2D eigenvalue weighted by atomic mass is 16.4. The molecule has 2 rings (SSSR count). The predicted molar refractivity (Wildman–Crippen MR) is 83.3 cm³/mol. The van der Waals surface area contributed by atoms with Gasteiger partial charge in [0.05, 0.1) is 22.9 Å². The molecule has 0 aliphatic rings. The highest BCUT2D eigenvalue weighted by molar-refractivity contribution is 6.05. The standard InChI is InChI=1S/C16H19N3O3/c1-10-5-6-11(15(21)22)7-13(10)18-14(20)12-8-17-19(9-12)16(2,3)4/h5-9H,1-4H3,(H,18,20)(H,21,22). The number of aromatic nitrogens is 2. The summed E-state index contributed by atoms with van der Waals surface area (Å²) in [6.07, 6.45) is 3.17. The predicted octanol–water partition coefficient (Wildman–Crippen LogP) is 2.90. The number of carboxylic acid groups (broad SMARTS) is 1. The fourth-order valence-corrected chi connectivity index (χ4v) is 1.89. The van der Waals surface area contributed by atoms with Gasteiger partial charge in [0, 0.05) is 11.9 Å². The lowest BCUT2D eigenvalue weighted by molar-refractivity contribution is 0.0696. The molecule has 1 heterocycles. The second-order valence-corrected chi connectivity index (χ2v) is 6.13. The molecule has 1 aromatic carbocycles. The van der Waals surface area contributed by atoms with E-state index in [0.29, 0.717) is 11.3 Å². The third-order valence-corrected chi connectivity index (χ3v) is 3.26. The van der Waals surface area contributed by atoms with Gasteiger partial charge in [-0.1, -0.05) is 6.07 Å². The zero-order valence-electron chi connectivity index (χ0n) is 13.0. The van der Waals surface area contributed by atoms with E-state index in [1.54, 1.807) is 23.9 Å². The molecule has 0 bridgehead atoms. The Labute approximate surface area is 128 Å². The van der Waals surface area contributed by atoms with Crippen LogP contribution >= 0.6 is 0 Å². The van der Waals surface area contributed by atoms with Crippen LogP contribution in [0.15, 0.2) is 30.6 Å². The van der Waals surface area contributed by atoms with Crippen molar-refractivity contribution in [1.82, 2.24) is 9.78 Å². The summed E-state index contributed by atoms with van der Waals surface area (Å²) in [4.78, 5) is 23.3. The van der Waals surface area contributed by atoms with Crippen LogP contribution in [0.3, 0.4) is 0 Å². The summed E-state index contributed by atoms with van der Waals surface area (Å²) in [6.45, 7) is 7.77. The van der Waals surface area contributed by atoms with E-state index in [1.807, 2.05) is 20.8 Å². The molecule has 1 amide bonds. The van der Waals surface area contributed by atoms with E-state index in [9.17, 15) is 9.59 Å². The van der Waals surface area contributed by atoms with Gasteiger partial charge in [-0.3, -0.25) is 9.48 Å². The number of benzene rings is 1. The smallest absolute Gasteiger partial charge is 0.335 e. The molecule has 0 saturated carbocycles. The number of rotatable bonds is 3. The molecular weight excluding hydrogens is 282 g/mol. The molecule has 0 atom stereocenters.